The lowest BCUT2D eigenvalue weighted by Crippen LogP contribution is -2.33. The Morgan fingerprint density at radius 2 is 1.78 bits per heavy atom. The minimum absolute atomic E-state index is 0. The zero-order valence-electron chi connectivity index (χ0n) is 21.7. The van der Waals surface area contributed by atoms with E-state index in [1.807, 2.05) is 0 Å². The highest BCUT2D eigenvalue weighted by Gasteiger charge is 2.18. The van der Waals surface area contributed by atoms with E-state index in [1.165, 1.54) is 60.9 Å². The van der Waals surface area contributed by atoms with E-state index in [1.54, 1.807) is 0 Å². The molecule has 4 nitrogen and oxygen atoms in total. The van der Waals surface area contributed by atoms with Crippen molar-refractivity contribution in [3.63, 3.8) is 0 Å². The number of unbranched alkanes of at least 4 members (excludes halogenated alkanes) is 1. The molecule has 1 aromatic heterocycles. The number of piperidine rings is 1. The summed E-state index contributed by atoms with van der Waals surface area (Å²) >= 11 is 0. The SMILES string of the molecule is C#CCN(C)Cc1cc2cc(OCCCCC3CCN(Cc4ccccc4)CC3)ccc2n1C.Cl.Cl. The molecule has 0 radical (unpaired) electrons. The fourth-order valence-electron chi connectivity index (χ4n) is 5.11. The molecule has 1 aliphatic rings. The first-order valence-electron chi connectivity index (χ1n) is 12.7. The molecule has 6 heteroatoms. The number of terminal acetylenes is 1. The number of hydrogen-bond acceptors (Lipinski definition) is 3. The summed E-state index contributed by atoms with van der Waals surface area (Å²) < 4.78 is 8.35. The molecule has 4 rings (SSSR count). The number of halogens is 2. The number of aryl methyl sites for hydroxylation is 1. The summed E-state index contributed by atoms with van der Waals surface area (Å²) in [6, 6.07) is 19.5. The van der Waals surface area contributed by atoms with Crippen molar-refractivity contribution in [1.29, 1.82) is 0 Å². The molecule has 196 valence electrons. The Labute approximate surface area is 229 Å². The minimum Gasteiger partial charge on any atom is -0.494 e. The van der Waals surface area contributed by atoms with Crippen molar-refractivity contribution in [1.82, 2.24) is 14.4 Å². The predicted molar refractivity (Wildman–Crippen MR) is 156 cm³/mol. The Balaban J connectivity index is 0.00000228. The van der Waals surface area contributed by atoms with Crippen molar-refractivity contribution < 1.29 is 4.74 Å². The standard InChI is InChI=1S/C30H39N3O.2ClH/c1-4-17-31(2)24-28-21-27-22-29(13-14-30(27)32(28)3)34-20-9-8-10-25-15-18-33(19-16-25)23-26-11-6-5-7-12-26;;/h1,5-7,11-14,21-22,25H,8-10,15-20,23-24H2,2-3H3;2*1H. The fraction of sp³-hybridized carbons (Fsp3) is 0.467. The first-order chi connectivity index (χ1) is 16.6. The number of aromatic nitrogens is 1. The molecule has 0 saturated carbocycles. The topological polar surface area (TPSA) is 20.6 Å². The van der Waals surface area contributed by atoms with Gasteiger partial charge in [-0.1, -0.05) is 42.7 Å². The van der Waals surface area contributed by atoms with Crippen molar-refractivity contribution in [3.05, 3.63) is 65.9 Å². The molecule has 1 saturated heterocycles. The molecule has 0 bridgehead atoms. The van der Waals surface area contributed by atoms with Gasteiger partial charge in [0.2, 0.25) is 0 Å². The second kappa shape index (κ2) is 15.2. The summed E-state index contributed by atoms with van der Waals surface area (Å²) in [4.78, 5) is 4.76. The van der Waals surface area contributed by atoms with Crippen LogP contribution >= 0.6 is 24.8 Å². The second-order valence-corrected chi connectivity index (χ2v) is 9.84. The molecule has 0 atom stereocenters. The van der Waals surface area contributed by atoms with Crippen LogP contribution in [0.15, 0.2) is 54.6 Å². The fourth-order valence-corrected chi connectivity index (χ4v) is 5.11. The Bertz CT molecular complexity index is 1080. The summed E-state index contributed by atoms with van der Waals surface area (Å²) in [5, 5.41) is 1.23. The highest BCUT2D eigenvalue weighted by atomic mass is 35.5. The Morgan fingerprint density at radius 1 is 1.03 bits per heavy atom. The van der Waals surface area contributed by atoms with Crippen LogP contribution in [0.2, 0.25) is 0 Å². The Hall–Kier alpha value is -2.16. The lowest BCUT2D eigenvalue weighted by atomic mass is 9.91. The number of ether oxygens (including phenoxy) is 1. The van der Waals surface area contributed by atoms with Crippen molar-refractivity contribution in [2.45, 2.75) is 45.2 Å². The summed E-state index contributed by atoms with van der Waals surface area (Å²) in [6.45, 7) is 5.85. The lowest BCUT2D eigenvalue weighted by molar-refractivity contribution is 0.169. The largest absolute Gasteiger partial charge is 0.494 e. The number of nitrogens with zero attached hydrogens (tertiary/aromatic N) is 3. The van der Waals surface area contributed by atoms with Gasteiger partial charge in [0, 0.05) is 36.7 Å². The van der Waals surface area contributed by atoms with Crippen LogP contribution in [-0.2, 0) is 20.1 Å². The van der Waals surface area contributed by atoms with Crippen molar-refractivity contribution in [2.75, 3.05) is 33.3 Å². The third-order valence-corrected chi connectivity index (χ3v) is 7.14. The van der Waals surface area contributed by atoms with E-state index in [0.717, 1.165) is 37.8 Å². The van der Waals surface area contributed by atoms with Crippen LogP contribution in [0, 0.1) is 18.3 Å². The van der Waals surface area contributed by atoms with Gasteiger partial charge >= 0.3 is 0 Å². The molecule has 3 aromatic rings. The smallest absolute Gasteiger partial charge is 0.120 e. The summed E-state index contributed by atoms with van der Waals surface area (Å²) in [5.74, 6) is 4.55. The lowest BCUT2D eigenvalue weighted by Gasteiger charge is -2.32. The Morgan fingerprint density at radius 3 is 2.50 bits per heavy atom. The molecule has 2 heterocycles. The maximum absolute atomic E-state index is 6.10. The van der Waals surface area contributed by atoms with Crippen LogP contribution in [0.1, 0.15) is 43.4 Å². The first-order valence-corrected chi connectivity index (χ1v) is 12.7. The maximum Gasteiger partial charge on any atom is 0.120 e. The minimum atomic E-state index is 0. The van der Waals surface area contributed by atoms with E-state index in [4.69, 9.17) is 11.2 Å². The van der Waals surface area contributed by atoms with Gasteiger partial charge in [-0.3, -0.25) is 9.80 Å². The van der Waals surface area contributed by atoms with Gasteiger partial charge in [-0.05, 0) is 81.6 Å². The highest BCUT2D eigenvalue weighted by Crippen LogP contribution is 2.26. The van der Waals surface area contributed by atoms with Crippen molar-refractivity contribution >= 4 is 35.7 Å². The van der Waals surface area contributed by atoms with Crippen molar-refractivity contribution in [2.24, 2.45) is 13.0 Å². The van der Waals surface area contributed by atoms with Gasteiger partial charge in [0.15, 0.2) is 0 Å². The van der Waals surface area contributed by atoms with Crippen molar-refractivity contribution in [3.8, 4) is 18.1 Å². The summed E-state index contributed by atoms with van der Waals surface area (Å²) in [7, 11) is 4.17. The molecule has 36 heavy (non-hydrogen) atoms. The molecular weight excluding hydrogens is 489 g/mol. The average Bonchev–Trinajstić information content (AvgIpc) is 3.15. The highest BCUT2D eigenvalue weighted by molar-refractivity contribution is 5.85. The predicted octanol–water partition coefficient (Wildman–Crippen LogP) is 6.55. The third-order valence-electron chi connectivity index (χ3n) is 7.14. The monoisotopic (exact) mass is 529 g/mol. The van der Waals surface area contributed by atoms with Gasteiger partial charge in [0.25, 0.3) is 0 Å². The molecule has 1 fully saturated rings. The Kier molecular flexibility index (Phi) is 12.7. The van der Waals surface area contributed by atoms with Crippen LogP contribution in [0.4, 0.5) is 0 Å². The second-order valence-electron chi connectivity index (χ2n) is 9.84. The van der Waals surface area contributed by atoms with E-state index >= 15 is 0 Å². The van der Waals surface area contributed by atoms with Crippen LogP contribution in [0.25, 0.3) is 10.9 Å². The molecule has 1 aliphatic heterocycles. The van der Waals surface area contributed by atoms with E-state index in [0.29, 0.717) is 6.54 Å². The van der Waals surface area contributed by atoms with E-state index in [9.17, 15) is 0 Å². The quantitative estimate of drug-likeness (QED) is 0.207. The van der Waals surface area contributed by atoms with Crippen LogP contribution in [0.5, 0.6) is 5.75 Å². The number of likely N-dealkylation sites (tertiary alicyclic amines) is 1. The van der Waals surface area contributed by atoms with Gasteiger partial charge < -0.3 is 9.30 Å². The van der Waals surface area contributed by atoms with Gasteiger partial charge in [-0.15, -0.1) is 31.2 Å². The number of hydrogen-bond donors (Lipinski definition) is 0. The molecule has 0 N–H and O–H groups in total. The van der Waals surface area contributed by atoms with Crippen LogP contribution in [-0.4, -0.2) is 47.7 Å². The molecule has 0 spiro atoms. The molecule has 0 aliphatic carbocycles. The average molecular weight is 531 g/mol. The van der Waals surface area contributed by atoms with Gasteiger partial charge in [-0.25, -0.2) is 0 Å². The zero-order chi connectivity index (χ0) is 23.8. The number of benzene rings is 2. The van der Waals surface area contributed by atoms with Crippen LogP contribution in [0.3, 0.4) is 0 Å². The first kappa shape index (κ1) is 30.1. The molecular formula is C30H41Cl2N3O. The molecule has 2 aromatic carbocycles. The number of rotatable bonds is 11. The summed E-state index contributed by atoms with van der Waals surface area (Å²) in [6.07, 6.45) is 11.8. The number of fused-ring (bicyclic) bond motifs is 1. The maximum atomic E-state index is 6.10. The van der Waals surface area contributed by atoms with Gasteiger partial charge in [0.1, 0.15) is 5.75 Å². The van der Waals surface area contributed by atoms with Gasteiger partial charge in [0.05, 0.1) is 13.2 Å². The van der Waals surface area contributed by atoms with E-state index in [-0.39, 0.29) is 24.8 Å². The molecule has 0 amide bonds. The van der Waals surface area contributed by atoms with Crippen LogP contribution < -0.4 is 4.74 Å². The van der Waals surface area contributed by atoms with E-state index < -0.39 is 0 Å². The third kappa shape index (κ3) is 8.46. The summed E-state index contributed by atoms with van der Waals surface area (Å²) in [5.41, 5.74) is 3.93. The van der Waals surface area contributed by atoms with E-state index in [2.05, 4.69) is 89.0 Å². The molecule has 0 unspecified atom stereocenters. The normalized spacial score (nSPS) is 14.3. The zero-order valence-corrected chi connectivity index (χ0v) is 23.3. The van der Waals surface area contributed by atoms with Gasteiger partial charge in [-0.2, -0.15) is 0 Å².